The van der Waals surface area contributed by atoms with Crippen LogP contribution >= 0.6 is 23.4 Å². The van der Waals surface area contributed by atoms with E-state index in [1.54, 1.807) is 0 Å². The second-order valence-electron chi connectivity index (χ2n) is 1.59. The van der Waals surface area contributed by atoms with E-state index in [0.717, 1.165) is 0 Å². The van der Waals surface area contributed by atoms with E-state index in [2.05, 4.69) is 0 Å². The van der Waals surface area contributed by atoms with Gasteiger partial charge >= 0.3 is 0 Å². The molecule has 46 valence electrons. The molecule has 2 atom stereocenters. The molecule has 0 fully saturated rings. The molecule has 0 spiro atoms. The molecule has 0 N–H and O–H groups in total. The zero-order chi connectivity index (χ0) is 6.57. The third kappa shape index (κ3) is 3.17. The van der Waals surface area contributed by atoms with Crippen molar-refractivity contribution in [2.75, 3.05) is 0 Å². The predicted octanol–water partition coefficient (Wildman–Crippen LogP) is 2.22. The SMILES string of the molecule is C[C@H](Cl)[C@H](C)SC#N. The first-order valence-electron chi connectivity index (χ1n) is 2.37. The van der Waals surface area contributed by atoms with Gasteiger partial charge in [0.05, 0.1) is 0 Å². The number of alkyl halides is 1. The molecular weight excluding hydrogens is 142 g/mol. The molecule has 0 unspecified atom stereocenters. The zero-order valence-corrected chi connectivity index (χ0v) is 6.46. The van der Waals surface area contributed by atoms with Crippen LogP contribution in [0.25, 0.3) is 0 Å². The summed E-state index contributed by atoms with van der Waals surface area (Å²) in [6.45, 7) is 3.82. The van der Waals surface area contributed by atoms with Gasteiger partial charge in [0.15, 0.2) is 0 Å². The molecule has 0 rings (SSSR count). The van der Waals surface area contributed by atoms with E-state index in [1.165, 1.54) is 11.8 Å². The molecule has 0 saturated carbocycles. The fourth-order valence-electron chi connectivity index (χ4n) is 0.177. The van der Waals surface area contributed by atoms with Gasteiger partial charge in [0.1, 0.15) is 5.40 Å². The Balaban J connectivity index is 3.35. The van der Waals surface area contributed by atoms with Gasteiger partial charge in [-0.15, -0.1) is 11.6 Å². The summed E-state index contributed by atoms with van der Waals surface area (Å²) in [4.78, 5) is 0. The molecule has 0 aliphatic rings. The number of thioether (sulfide) groups is 1. The van der Waals surface area contributed by atoms with Crippen LogP contribution in [0.2, 0.25) is 0 Å². The van der Waals surface area contributed by atoms with Gasteiger partial charge in [-0.05, 0) is 18.7 Å². The van der Waals surface area contributed by atoms with Crippen molar-refractivity contribution in [3.8, 4) is 5.40 Å². The van der Waals surface area contributed by atoms with Crippen LogP contribution in [0, 0.1) is 10.7 Å². The lowest BCUT2D eigenvalue weighted by Crippen LogP contribution is -2.07. The number of rotatable bonds is 2. The third-order valence-electron chi connectivity index (χ3n) is 0.885. The first-order chi connectivity index (χ1) is 3.68. The number of thiocyanates is 1. The van der Waals surface area contributed by atoms with Crippen LogP contribution in [0.15, 0.2) is 0 Å². The highest BCUT2D eigenvalue weighted by Gasteiger charge is 2.07. The Kier molecular flexibility index (Phi) is 4.12. The largest absolute Gasteiger partial charge is 0.185 e. The molecule has 1 nitrogen and oxygen atoms in total. The van der Waals surface area contributed by atoms with Gasteiger partial charge in [-0.25, -0.2) is 0 Å². The van der Waals surface area contributed by atoms with Crippen LogP contribution in [0.3, 0.4) is 0 Å². The van der Waals surface area contributed by atoms with Gasteiger partial charge in [0.2, 0.25) is 0 Å². The molecule has 0 aliphatic carbocycles. The van der Waals surface area contributed by atoms with E-state index < -0.39 is 0 Å². The van der Waals surface area contributed by atoms with Gasteiger partial charge in [-0.2, -0.15) is 5.26 Å². The van der Waals surface area contributed by atoms with Crippen molar-refractivity contribution in [2.45, 2.75) is 24.5 Å². The number of nitriles is 1. The molecule has 3 heteroatoms. The van der Waals surface area contributed by atoms with Crippen molar-refractivity contribution in [1.29, 1.82) is 5.26 Å². The Morgan fingerprint density at radius 3 is 2.25 bits per heavy atom. The van der Waals surface area contributed by atoms with E-state index in [9.17, 15) is 0 Å². The summed E-state index contributed by atoms with van der Waals surface area (Å²) in [7, 11) is 0. The number of halogens is 1. The highest BCUT2D eigenvalue weighted by Crippen LogP contribution is 2.15. The first kappa shape index (κ1) is 8.13. The Hall–Kier alpha value is 0.130. The third-order valence-corrected chi connectivity index (χ3v) is 2.30. The quantitative estimate of drug-likeness (QED) is 0.444. The molecule has 0 bridgehead atoms. The highest BCUT2D eigenvalue weighted by molar-refractivity contribution is 8.04. The lowest BCUT2D eigenvalue weighted by molar-refractivity contribution is 0.919. The maximum absolute atomic E-state index is 8.14. The zero-order valence-electron chi connectivity index (χ0n) is 4.89. The van der Waals surface area contributed by atoms with Gasteiger partial charge in [-0.1, -0.05) is 6.92 Å². The number of hydrogen-bond donors (Lipinski definition) is 0. The highest BCUT2D eigenvalue weighted by atomic mass is 35.5. The van der Waals surface area contributed by atoms with Crippen molar-refractivity contribution >= 4 is 23.4 Å². The minimum atomic E-state index is 0.0830. The minimum absolute atomic E-state index is 0.0830. The molecule has 0 radical (unpaired) electrons. The smallest absolute Gasteiger partial charge is 0.133 e. The van der Waals surface area contributed by atoms with E-state index in [0.29, 0.717) is 0 Å². The van der Waals surface area contributed by atoms with Gasteiger partial charge in [-0.3, -0.25) is 0 Å². The fraction of sp³-hybridized carbons (Fsp3) is 0.800. The molecule has 0 saturated heterocycles. The van der Waals surface area contributed by atoms with Crippen LogP contribution < -0.4 is 0 Å². The minimum Gasteiger partial charge on any atom is -0.185 e. The predicted molar refractivity (Wildman–Crippen MR) is 38.0 cm³/mol. The Morgan fingerprint density at radius 1 is 1.62 bits per heavy atom. The van der Waals surface area contributed by atoms with Gasteiger partial charge in [0.25, 0.3) is 0 Å². The maximum Gasteiger partial charge on any atom is 0.133 e. The Labute approximate surface area is 59.0 Å². The molecule has 0 aliphatic heterocycles. The summed E-state index contributed by atoms with van der Waals surface area (Å²) >= 11 is 6.85. The van der Waals surface area contributed by atoms with Crippen molar-refractivity contribution in [2.24, 2.45) is 0 Å². The van der Waals surface area contributed by atoms with Gasteiger partial charge in [0, 0.05) is 10.6 Å². The lowest BCUT2D eigenvalue weighted by atomic mass is 10.4. The van der Waals surface area contributed by atoms with Crippen LogP contribution in [0.1, 0.15) is 13.8 Å². The second kappa shape index (κ2) is 4.05. The molecule has 0 aromatic rings. The van der Waals surface area contributed by atoms with Crippen molar-refractivity contribution in [3.05, 3.63) is 0 Å². The van der Waals surface area contributed by atoms with E-state index in [1.807, 2.05) is 19.2 Å². The van der Waals surface area contributed by atoms with Gasteiger partial charge < -0.3 is 0 Å². The van der Waals surface area contributed by atoms with E-state index >= 15 is 0 Å². The monoisotopic (exact) mass is 149 g/mol. The summed E-state index contributed by atoms with van der Waals surface area (Å²) in [5.41, 5.74) is 0. The average Bonchev–Trinajstić information content (AvgIpc) is 1.67. The fourth-order valence-corrected chi connectivity index (χ4v) is 0.685. The maximum atomic E-state index is 8.14. The average molecular weight is 150 g/mol. The van der Waals surface area contributed by atoms with Crippen LogP contribution in [0.5, 0.6) is 0 Å². The van der Waals surface area contributed by atoms with E-state index in [-0.39, 0.29) is 10.6 Å². The number of nitrogens with zero attached hydrogens (tertiary/aromatic N) is 1. The Bertz CT molecular complexity index is 97.1. The van der Waals surface area contributed by atoms with Crippen molar-refractivity contribution < 1.29 is 0 Å². The van der Waals surface area contributed by atoms with Crippen LogP contribution in [-0.2, 0) is 0 Å². The molecule has 0 amide bonds. The molecule has 0 aromatic heterocycles. The first-order valence-corrected chi connectivity index (χ1v) is 3.69. The van der Waals surface area contributed by atoms with E-state index in [4.69, 9.17) is 16.9 Å². The lowest BCUT2D eigenvalue weighted by Gasteiger charge is -2.05. The molecular formula is C5H8ClNS. The van der Waals surface area contributed by atoms with Crippen molar-refractivity contribution in [3.63, 3.8) is 0 Å². The second-order valence-corrected chi connectivity index (χ2v) is 3.44. The molecule has 0 heterocycles. The molecule has 8 heavy (non-hydrogen) atoms. The van der Waals surface area contributed by atoms with Crippen LogP contribution in [0.4, 0.5) is 0 Å². The Morgan fingerprint density at radius 2 is 2.12 bits per heavy atom. The molecule has 0 aromatic carbocycles. The number of hydrogen-bond acceptors (Lipinski definition) is 2. The summed E-state index contributed by atoms with van der Waals surface area (Å²) in [5, 5.41) is 10.4. The normalized spacial score (nSPS) is 16.8. The summed E-state index contributed by atoms with van der Waals surface area (Å²) < 4.78 is 0. The topological polar surface area (TPSA) is 23.8 Å². The summed E-state index contributed by atoms with van der Waals surface area (Å²) in [6.07, 6.45) is 0. The summed E-state index contributed by atoms with van der Waals surface area (Å²) in [6, 6.07) is 0. The standard InChI is InChI=1S/C5H8ClNS/c1-4(6)5(2)8-3-7/h4-5H,1-2H3/t4-,5-/m0/s1. The van der Waals surface area contributed by atoms with Crippen LogP contribution in [-0.4, -0.2) is 10.6 Å². The summed E-state index contributed by atoms with van der Waals surface area (Å²) in [5.74, 6) is 0. The van der Waals surface area contributed by atoms with Crippen molar-refractivity contribution in [1.82, 2.24) is 0 Å².